The number of nitrogens with two attached hydrogens (primary N) is 1. The van der Waals surface area contributed by atoms with Crippen molar-refractivity contribution in [1.29, 1.82) is 0 Å². The van der Waals surface area contributed by atoms with Gasteiger partial charge in [0, 0.05) is 12.6 Å². The Balaban J connectivity index is 2.13. The molecule has 0 atom stereocenters. The predicted octanol–water partition coefficient (Wildman–Crippen LogP) is 3.72. The molecule has 1 aliphatic carbocycles. The molecule has 1 aromatic heterocycles. The van der Waals surface area contributed by atoms with E-state index >= 15 is 0 Å². The van der Waals surface area contributed by atoms with Crippen LogP contribution in [-0.2, 0) is 13.5 Å². The third-order valence-corrected chi connectivity index (χ3v) is 5.76. The second kappa shape index (κ2) is 6.07. The summed E-state index contributed by atoms with van der Waals surface area (Å²) in [4.78, 5) is 0. The lowest BCUT2D eigenvalue weighted by atomic mass is 9.65. The van der Waals surface area contributed by atoms with Crippen molar-refractivity contribution >= 4 is 11.6 Å². The molecule has 0 aliphatic heterocycles. The molecule has 1 saturated carbocycles. The van der Waals surface area contributed by atoms with Crippen molar-refractivity contribution < 1.29 is 0 Å². The number of aryl methyl sites for hydroxylation is 2. The summed E-state index contributed by atoms with van der Waals surface area (Å²) in [5.41, 5.74) is 8.62. The first kappa shape index (κ1) is 15.8. The molecule has 1 fully saturated rings. The Bertz CT molecular complexity index is 457. The first-order valence-electron chi connectivity index (χ1n) is 7.76. The molecule has 1 aliphatic rings. The smallest absolute Gasteiger partial charge is 0.130 e. The zero-order valence-electron chi connectivity index (χ0n) is 13.2. The van der Waals surface area contributed by atoms with Crippen LogP contribution in [0, 0.1) is 24.2 Å². The molecule has 2 rings (SSSR count). The quantitative estimate of drug-likeness (QED) is 0.920. The van der Waals surface area contributed by atoms with Crippen LogP contribution in [0.3, 0.4) is 0 Å². The van der Waals surface area contributed by atoms with Gasteiger partial charge >= 0.3 is 0 Å². The van der Waals surface area contributed by atoms with E-state index in [9.17, 15) is 0 Å². The lowest BCUT2D eigenvalue weighted by molar-refractivity contribution is 0.132. The average molecular weight is 298 g/mol. The lowest BCUT2D eigenvalue weighted by Crippen LogP contribution is -2.37. The zero-order chi connectivity index (χ0) is 14.9. The van der Waals surface area contributed by atoms with Gasteiger partial charge in [-0.05, 0) is 62.8 Å². The molecule has 3 nitrogen and oxygen atoms in total. The minimum absolute atomic E-state index is 0.225. The zero-order valence-corrected chi connectivity index (χ0v) is 14.0. The molecule has 114 valence electrons. The highest BCUT2D eigenvalue weighted by Crippen LogP contribution is 2.44. The van der Waals surface area contributed by atoms with Crippen LogP contribution >= 0.6 is 11.6 Å². The summed E-state index contributed by atoms with van der Waals surface area (Å²) in [5, 5.41) is 5.21. The fourth-order valence-electron chi connectivity index (χ4n) is 3.62. The summed E-state index contributed by atoms with van der Waals surface area (Å²) in [6.45, 7) is 7.47. The van der Waals surface area contributed by atoms with Crippen molar-refractivity contribution in [3.05, 3.63) is 16.4 Å². The van der Waals surface area contributed by atoms with Crippen molar-refractivity contribution in [1.82, 2.24) is 9.78 Å². The highest BCUT2D eigenvalue weighted by atomic mass is 35.5. The van der Waals surface area contributed by atoms with E-state index in [0.717, 1.165) is 35.6 Å². The second-order valence-corrected chi connectivity index (χ2v) is 7.30. The highest BCUT2D eigenvalue weighted by Gasteiger charge is 2.36. The van der Waals surface area contributed by atoms with Crippen LogP contribution in [0.1, 0.15) is 50.8 Å². The summed E-state index contributed by atoms with van der Waals surface area (Å²) in [6, 6.07) is 0. The molecule has 0 unspecified atom stereocenters. The van der Waals surface area contributed by atoms with Gasteiger partial charge in [-0.1, -0.05) is 25.4 Å². The molecule has 2 N–H and O–H groups in total. The Morgan fingerprint density at radius 1 is 1.40 bits per heavy atom. The third-order valence-electron chi connectivity index (χ3n) is 5.29. The number of rotatable bonds is 4. The van der Waals surface area contributed by atoms with Crippen LogP contribution in [0.4, 0.5) is 0 Å². The Morgan fingerprint density at radius 2 is 2.00 bits per heavy atom. The molecule has 1 heterocycles. The molecule has 0 saturated heterocycles. The van der Waals surface area contributed by atoms with E-state index in [0.29, 0.717) is 0 Å². The van der Waals surface area contributed by atoms with Crippen LogP contribution in [0.25, 0.3) is 0 Å². The largest absolute Gasteiger partial charge is 0.330 e. The standard InChI is InChI=1S/C16H28ClN3/c1-11(2)13-5-7-16(10-18,8-6-13)9-14-12(3)19-20(4)15(14)17/h11,13H,5-10,18H2,1-4H3. The third kappa shape index (κ3) is 3.04. The number of aromatic nitrogens is 2. The Kier molecular flexibility index (Phi) is 4.80. The molecule has 0 radical (unpaired) electrons. The van der Waals surface area contributed by atoms with Gasteiger partial charge in [-0.15, -0.1) is 0 Å². The van der Waals surface area contributed by atoms with E-state index in [1.54, 1.807) is 4.68 Å². The molecule has 1 aromatic rings. The maximum Gasteiger partial charge on any atom is 0.130 e. The van der Waals surface area contributed by atoms with Gasteiger partial charge in [-0.2, -0.15) is 5.10 Å². The van der Waals surface area contributed by atoms with Gasteiger partial charge in [0.05, 0.1) is 5.69 Å². The van der Waals surface area contributed by atoms with Crippen molar-refractivity contribution in [3.63, 3.8) is 0 Å². The van der Waals surface area contributed by atoms with Crippen molar-refractivity contribution in [3.8, 4) is 0 Å². The topological polar surface area (TPSA) is 43.8 Å². The fraction of sp³-hybridized carbons (Fsp3) is 0.812. The Hall–Kier alpha value is -0.540. The van der Waals surface area contributed by atoms with Crippen molar-refractivity contribution in [2.24, 2.45) is 30.0 Å². The molecule has 0 spiro atoms. The predicted molar refractivity (Wildman–Crippen MR) is 84.9 cm³/mol. The number of halogens is 1. The van der Waals surface area contributed by atoms with Crippen LogP contribution in [-0.4, -0.2) is 16.3 Å². The number of nitrogens with zero attached hydrogens (tertiary/aromatic N) is 2. The van der Waals surface area contributed by atoms with Gasteiger partial charge in [0.25, 0.3) is 0 Å². The summed E-state index contributed by atoms with van der Waals surface area (Å²) >= 11 is 6.39. The number of hydrogen-bond donors (Lipinski definition) is 1. The van der Waals surface area contributed by atoms with Gasteiger partial charge in [-0.25, -0.2) is 0 Å². The van der Waals surface area contributed by atoms with Gasteiger partial charge in [-0.3, -0.25) is 4.68 Å². The minimum Gasteiger partial charge on any atom is -0.330 e. The average Bonchev–Trinajstić information content (AvgIpc) is 2.66. The van der Waals surface area contributed by atoms with E-state index in [-0.39, 0.29) is 5.41 Å². The van der Waals surface area contributed by atoms with Gasteiger partial charge in [0.1, 0.15) is 5.15 Å². The molecular formula is C16H28ClN3. The van der Waals surface area contributed by atoms with Gasteiger partial charge in [0.2, 0.25) is 0 Å². The van der Waals surface area contributed by atoms with Crippen molar-refractivity contribution in [2.75, 3.05) is 6.54 Å². The van der Waals surface area contributed by atoms with E-state index in [1.165, 1.54) is 31.2 Å². The first-order valence-corrected chi connectivity index (χ1v) is 8.14. The lowest BCUT2D eigenvalue weighted by Gasteiger charge is -2.41. The SMILES string of the molecule is Cc1nn(C)c(Cl)c1CC1(CN)CCC(C(C)C)CC1. The molecule has 0 bridgehead atoms. The monoisotopic (exact) mass is 297 g/mol. The van der Waals surface area contributed by atoms with E-state index in [4.69, 9.17) is 17.3 Å². The van der Waals surface area contributed by atoms with Crippen LogP contribution in [0.5, 0.6) is 0 Å². The second-order valence-electron chi connectivity index (χ2n) is 6.94. The summed E-state index contributed by atoms with van der Waals surface area (Å²) in [5.74, 6) is 1.65. The van der Waals surface area contributed by atoms with Gasteiger partial charge < -0.3 is 5.73 Å². The molecular weight excluding hydrogens is 270 g/mol. The normalized spacial score (nSPS) is 27.2. The molecule has 0 amide bonds. The maximum atomic E-state index is 6.39. The molecule has 20 heavy (non-hydrogen) atoms. The first-order chi connectivity index (χ1) is 9.38. The summed E-state index contributed by atoms with van der Waals surface area (Å²) < 4.78 is 1.77. The minimum atomic E-state index is 0.225. The van der Waals surface area contributed by atoms with Gasteiger partial charge in [0.15, 0.2) is 0 Å². The number of hydrogen-bond acceptors (Lipinski definition) is 2. The van der Waals surface area contributed by atoms with E-state index in [1.807, 2.05) is 14.0 Å². The Labute approximate surface area is 127 Å². The molecule has 4 heteroatoms. The maximum absolute atomic E-state index is 6.39. The van der Waals surface area contributed by atoms with Crippen LogP contribution in [0.15, 0.2) is 0 Å². The summed E-state index contributed by atoms with van der Waals surface area (Å²) in [6.07, 6.45) is 6.01. The highest BCUT2D eigenvalue weighted by molar-refractivity contribution is 6.30. The van der Waals surface area contributed by atoms with E-state index in [2.05, 4.69) is 18.9 Å². The Morgan fingerprint density at radius 3 is 2.40 bits per heavy atom. The van der Waals surface area contributed by atoms with Crippen LogP contribution < -0.4 is 5.73 Å². The molecule has 0 aromatic carbocycles. The van der Waals surface area contributed by atoms with Crippen LogP contribution in [0.2, 0.25) is 5.15 Å². The fourth-order valence-corrected chi connectivity index (χ4v) is 3.86. The van der Waals surface area contributed by atoms with Crippen molar-refractivity contribution in [2.45, 2.75) is 52.9 Å². The summed E-state index contributed by atoms with van der Waals surface area (Å²) in [7, 11) is 1.91. The van der Waals surface area contributed by atoms with E-state index < -0.39 is 0 Å².